The van der Waals surface area contributed by atoms with Gasteiger partial charge in [-0.05, 0) is 43.2 Å². The fourth-order valence-electron chi connectivity index (χ4n) is 3.37. The first-order valence-electron chi connectivity index (χ1n) is 8.43. The molecule has 0 aliphatic heterocycles. The van der Waals surface area contributed by atoms with E-state index in [1.54, 1.807) is 18.7 Å². The lowest BCUT2D eigenvalue weighted by molar-refractivity contribution is -0.115. The summed E-state index contributed by atoms with van der Waals surface area (Å²) in [7, 11) is 4.86. The van der Waals surface area contributed by atoms with Crippen LogP contribution in [0.2, 0.25) is 0 Å². The Morgan fingerprint density at radius 3 is 2.37 bits per heavy atom. The van der Waals surface area contributed by atoms with Crippen LogP contribution in [0.3, 0.4) is 0 Å². The molecule has 1 aromatic carbocycles. The summed E-state index contributed by atoms with van der Waals surface area (Å²) in [6.07, 6.45) is 0.0477. The Morgan fingerprint density at radius 1 is 1.07 bits per heavy atom. The van der Waals surface area contributed by atoms with E-state index in [2.05, 4.69) is 21.2 Å². The standard InChI is InChI=1S/C19H21BrN4O3/c1-10-8-12(20)6-7-14(10)21-15(25)9-13-11(2)22(3)17-16(13)18(26)24(5)19(27)23(17)4/h6-8H,9H2,1-5H3,(H,21,25). The highest BCUT2D eigenvalue weighted by Crippen LogP contribution is 2.23. The zero-order valence-corrected chi connectivity index (χ0v) is 17.5. The normalized spacial score (nSPS) is 11.2. The van der Waals surface area contributed by atoms with E-state index in [9.17, 15) is 14.4 Å². The van der Waals surface area contributed by atoms with Crippen LogP contribution in [0.15, 0.2) is 32.3 Å². The predicted molar refractivity (Wildman–Crippen MR) is 109 cm³/mol. The van der Waals surface area contributed by atoms with Gasteiger partial charge in [0.25, 0.3) is 5.56 Å². The maximum Gasteiger partial charge on any atom is 0.332 e. The Labute approximate surface area is 164 Å². The van der Waals surface area contributed by atoms with Gasteiger partial charge in [-0.1, -0.05) is 15.9 Å². The summed E-state index contributed by atoms with van der Waals surface area (Å²) in [6, 6.07) is 5.61. The average Bonchev–Trinajstić information content (AvgIpc) is 2.85. The van der Waals surface area contributed by atoms with Gasteiger partial charge in [0.15, 0.2) is 0 Å². The lowest BCUT2D eigenvalue weighted by Crippen LogP contribution is -2.37. The third-order valence-corrected chi connectivity index (χ3v) is 5.49. The number of hydrogen-bond acceptors (Lipinski definition) is 3. The maximum absolute atomic E-state index is 12.7. The molecule has 0 radical (unpaired) electrons. The lowest BCUT2D eigenvalue weighted by Gasteiger charge is -2.09. The summed E-state index contributed by atoms with van der Waals surface area (Å²) >= 11 is 3.40. The molecule has 0 aliphatic rings. The number of benzene rings is 1. The molecule has 2 heterocycles. The highest BCUT2D eigenvalue weighted by atomic mass is 79.9. The second kappa shape index (κ2) is 6.84. The Bertz CT molecular complexity index is 1200. The number of fused-ring (bicyclic) bond motifs is 1. The van der Waals surface area contributed by atoms with E-state index < -0.39 is 5.69 Å². The minimum absolute atomic E-state index is 0.0477. The number of carbonyl (C=O) groups excluding carboxylic acids is 1. The maximum atomic E-state index is 12.7. The van der Waals surface area contributed by atoms with Crippen LogP contribution in [0.5, 0.6) is 0 Å². The summed E-state index contributed by atoms with van der Waals surface area (Å²) in [4.78, 5) is 37.6. The molecular weight excluding hydrogens is 412 g/mol. The minimum Gasteiger partial charge on any atom is -0.334 e. The Kier molecular flexibility index (Phi) is 4.86. The van der Waals surface area contributed by atoms with Gasteiger partial charge in [-0.2, -0.15) is 0 Å². The van der Waals surface area contributed by atoms with Gasteiger partial charge in [0.2, 0.25) is 5.91 Å². The first-order valence-corrected chi connectivity index (χ1v) is 9.22. The van der Waals surface area contributed by atoms with Crippen molar-refractivity contribution < 1.29 is 4.79 Å². The quantitative estimate of drug-likeness (QED) is 0.688. The van der Waals surface area contributed by atoms with Gasteiger partial charge in [0.05, 0.1) is 11.8 Å². The molecule has 0 bridgehead atoms. The topological polar surface area (TPSA) is 78.0 Å². The SMILES string of the molecule is Cc1cc(Br)ccc1NC(=O)Cc1c(C)n(C)c2c1c(=O)n(C)c(=O)n2C. The van der Waals surface area contributed by atoms with Gasteiger partial charge in [0.1, 0.15) is 5.65 Å². The molecule has 2 aromatic heterocycles. The minimum atomic E-state index is -0.394. The predicted octanol–water partition coefficient (Wildman–Crippen LogP) is 2.14. The van der Waals surface area contributed by atoms with Crippen molar-refractivity contribution in [1.29, 1.82) is 0 Å². The van der Waals surface area contributed by atoms with E-state index in [4.69, 9.17) is 0 Å². The molecule has 1 N–H and O–H groups in total. The molecule has 3 aromatic rings. The molecule has 0 aliphatic carbocycles. The van der Waals surface area contributed by atoms with E-state index in [-0.39, 0.29) is 17.9 Å². The molecule has 1 amide bonds. The van der Waals surface area contributed by atoms with E-state index in [0.29, 0.717) is 16.6 Å². The van der Waals surface area contributed by atoms with Crippen LogP contribution in [0.4, 0.5) is 5.69 Å². The molecule has 0 atom stereocenters. The van der Waals surface area contributed by atoms with Crippen LogP contribution in [-0.2, 0) is 32.4 Å². The molecule has 3 rings (SSSR count). The van der Waals surface area contributed by atoms with Crippen LogP contribution in [0, 0.1) is 13.8 Å². The number of amides is 1. The Hall–Kier alpha value is -2.61. The number of nitrogens with zero attached hydrogens (tertiary/aromatic N) is 3. The molecular formula is C19H21BrN4O3. The first-order chi connectivity index (χ1) is 12.6. The van der Waals surface area contributed by atoms with Crippen molar-refractivity contribution in [2.24, 2.45) is 21.1 Å². The third kappa shape index (κ3) is 3.14. The third-order valence-electron chi connectivity index (χ3n) is 4.99. The van der Waals surface area contributed by atoms with Crippen molar-refractivity contribution in [3.63, 3.8) is 0 Å². The summed E-state index contributed by atoms with van der Waals surface area (Å²) in [5, 5.41) is 3.31. The van der Waals surface area contributed by atoms with Crippen molar-refractivity contribution >= 4 is 38.6 Å². The molecule has 27 heavy (non-hydrogen) atoms. The van der Waals surface area contributed by atoms with Gasteiger partial charge in [0, 0.05) is 37.0 Å². The second-order valence-electron chi connectivity index (χ2n) is 6.71. The summed E-state index contributed by atoms with van der Waals surface area (Å²) in [5.74, 6) is -0.216. The lowest BCUT2D eigenvalue weighted by atomic mass is 10.1. The van der Waals surface area contributed by atoms with Crippen LogP contribution in [0.25, 0.3) is 11.0 Å². The zero-order valence-electron chi connectivity index (χ0n) is 15.9. The fourth-order valence-corrected chi connectivity index (χ4v) is 3.85. The first kappa shape index (κ1) is 19.2. The van der Waals surface area contributed by atoms with Crippen LogP contribution in [0.1, 0.15) is 16.8 Å². The Morgan fingerprint density at radius 2 is 1.74 bits per heavy atom. The average molecular weight is 433 g/mol. The number of aromatic nitrogens is 3. The van der Waals surface area contributed by atoms with Gasteiger partial charge in [-0.25, -0.2) is 4.79 Å². The van der Waals surface area contributed by atoms with Gasteiger partial charge in [-0.15, -0.1) is 0 Å². The van der Waals surface area contributed by atoms with Crippen molar-refractivity contribution in [3.05, 3.63) is 60.3 Å². The highest BCUT2D eigenvalue weighted by molar-refractivity contribution is 9.10. The van der Waals surface area contributed by atoms with E-state index >= 15 is 0 Å². The number of rotatable bonds is 3. The second-order valence-corrected chi connectivity index (χ2v) is 7.63. The van der Waals surface area contributed by atoms with Crippen molar-refractivity contribution in [3.8, 4) is 0 Å². The number of anilines is 1. The van der Waals surface area contributed by atoms with Gasteiger partial charge >= 0.3 is 5.69 Å². The van der Waals surface area contributed by atoms with Crippen molar-refractivity contribution in [2.75, 3.05) is 5.32 Å². The smallest absolute Gasteiger partial charge is 0.332 e. The summed E-state index contributed by atoms with van der Waals surface area (Å²) in [6.45, 7) is 3.76. The van der Waals surface area contributed by atoms with E-state index in [0.717, 1.165) is 26.0 Å². The number of aryl methyl sites for hydroxylation is 3. The molecule has 0 unspecified atom stereocenters. The number of hydrogen-bond donors (Lipinski definition) is 1. The number of halogens is 1. The molecule has 142 valence electrons. The molecule has 0 saturated carbocycles. The van der Waals surface area contributed by atoms with Crippen molar-refractivity contribution in [1.82, 2.24) is 13.7 Å². The largest absolute Gasteiger partial charge is 0.334 e. The van der Waals surface area contributed by atoms with Crippen LogP contribution < -0.4 is 16.6 Å². The zero-order chi connectivity index (χ0) is 20.0. The fraction of sp³-hybridized carbons (Fsp3) is 0.316. The van der Waals surface area contributed by atoms with Gasteiger partial charge in [-0.3, -0.25) is 18.7 Å². The highest BCUT2D eigenvalue weighted by Gasteiger charge is 2.22. The van der Waals surface area contributed by atoms with Gasteiger partial charge < -0.3 is 9.88 Å². The van der Waals surface area contributed by atoms with Crippen molar-refractivity contribution in [2.45, 2.75) is 20.3 Å². The summed E-state index contributed by atoms with van der Waals surface area (Å²) in [5.41, 5.74) is 2.81. The van der Waals surface area contributed by atoms with E-state index in [1.165, 1.54) is 11.6 Å². The monoisotopic (exact) mass is 432 g/mol. The molecule has 0 saturated heterocycles. The summed E-state index contributed by atoms with van der Waals surface area (Å²) < 4.78 is 5.23. The number of nitrogens with one attached hydrogen (secondary N) is 1. The molecule has 0 fully saturated rings. The number of carbonyl (C=O) groups is 1. The molecule has 0 spiro atoms. The molecule has 7 nitrogen and oxygen atoms in total. The van der Waals surface area contributed by atoms with Crippen LogP contribution >= 0.6 is 15.9 Å². The Balaban J connectivity index is 2.07. The van der Waals surface area contributed by atoms with Crippen LogP contribution in [-0.4, -0.2) is 19.6 Å². The van der Waals surface area contributed by atoms with E-state index in [1.807, 2.05) is 32.0 Å². The molecule has 8 heteroatoms.